The van der Waals surface area contributed by atoms with Crippen LogP contribution in [0.2, 0.25) is 0 Å². The number of hydrogen-bond donors (Lipinski definition) is 0. The van der Waals surface area contributed by atoms with E-state index in [1.165, 1.54) is 12.5 Å². The Morgan fingerprint density at radius 3 is 2.40 bits per heavy atom. The Hall–Kier alpha value is -1.19. The second kappa shape index (κ2) is 14.2. The first-order valence-corrected chi connectivity index (χ1v) is 7.65. The van der Waals surface area contributed by atoms with Crippen molar-refractivity contribution in [3.8, 4) is 6.07 Å². The zero-order chi connectivity index (χ0) is 16.0. The minimum atomic E-state index is -0.301. The number of rotatable bonds is 4. The Bertz CT molecular complexity index is 453. The van der Waals surface area contributed by atoms with Crippen LogP contribution in [-0.2, 0) is 11.5 Å². The highest BCUT2D eigenvalue weighted by Crippen LogP contribution is 2.03. The van der Waals surface area contributed by atoms with E-state index in [9.17, 15) is 4.79 Å². The molecule has 0 saturated carbocycles. The zero-order valence-corrected chi connectivity index (χ0v) is 14.5. The minimum absolute atomic E-state index is 0.0702. The normalized spacial score (nSPS) is 8.65. The standard InChI is InChI=1S/C9H10BrN3O2.C3H8.C2H6/c1-2-3-15-6-13-9(14)8(10)4-7(5-11)12-13;1-3-2;1-2/h4H,2-3,6H2,1H3;3H2,1-2H3;1-2H3. The van der Waals surface area contributed by atoms with Crippen LogP contribution in [0.5, 0.6) is 0 Å². The average Bonchev–Trinajstić information content (AvgIpc) is 2.46. The first-order chi connectivity index (χ1) is 9.60. The summed E-state index contributed by atoms with van der Waals surface area (Å²) in [6, 6.07) is 3.26. The lowest BCUT2D eigenvalue weighted by atomic mass is 10.4. The van der Waals surface area contributed by atoms with Crippen molar-refractivity contribution in [2.75, 3.05) is 6.61 Å². The molecule has 6 heteroatoms. The van der Waals surface area contributed by atoms with Gasteiger partial charge in [0.1, 0.15) is 12.8 Å². The summed E-state index contributed by atoms with van der Waals surface area (Å²) in [4.78, 5) is 11.5. The molecule has 20 heavy (non-hydrogen) atoms. The van der Waals surface area contributed by atoms with E-state index in [2.05, 4.69) is 34.9 Å². The molecule has 0 saturated heterocycles. The predicted octanol–water partition coefficient (Wildman–Crippen LogP) is 3.70. The topological polar surface area (TPSA) is 67.9 Å². The molecular weight excluding hydrogens is 322 g/mol. The summed E-state index contributed by atoms with van der Waals surface area (Å²) in [5.74, 6) is 0. The highest BCUT2D eigenvalue weighted by atomic mass is 79.9. The van der Waals surface area contributed by atoms with Crippen LogP contribution in [0.25, 0.3) is 0 Å². The fourth-order valence-electron chi connectivity index (χ4n) is 0.947. The minimum Gasteiger partial charge on any atom is -0.359 e. The molecule has 1 heterocycles. The van der Waals surface area contributed by atoms with Crippen molar-refractivity contribution in [2.24, 2.45) is 0 Å². The smallest absolute Gasteiger partial charge is 0.283 e. The molecule has 0 spiro atoms. The van der Waals surface area contributed by atoms with E-state index < -0.39 is 0 Å². The maximum Gasteiger partial charge on any atom is 0.283 e. The van der Waals surface area contributed by atoms with E-state index in [0.717, 1.165) is 11.1 Å². The maximum atomic E-state index is 11.5. The summed E-state index contributed by atoms with van der Waals surface area (Å²) >= 11 is 3.07. The molecule has 1 aromatic rings. The average molecular weight is 346 g/mol. The third-order valence-electron chi connectivity index (χ3n) is 1.61. The molecule has 5 nitrogen and oxygen atoms in total. The lowest BCUT2D eigenvalue weighted by Gasteiger charge is -2.05. The summed E-state index contributed by atoms with van der Waals surface area (Å²) in [5.41, 5.74) is -0.119. The molecule has 0 amide bonds. The van der Waals surface area contributed by atoms with Crippen LogP contribution in [-0.4, -0.2) is 16.4 Å². The van der Waals surface area contributed by atoms with Crippen molar-refractivity contribution in [3.63, 3.8) is 0 Å². The van der Waals surface area contributed by atoms with Gasteiger partial charge in [0.2, 0.25) is 0 Å². The zero-order valence-electron chi connectivity index (χ0n) is 12.9. The molecule has 114 valence electrons. The van der Waals surface area contributed by atoms with E-state index in [-0.39, 0.29) is 18.0 Å². The van der Waals surface area contributed by atoms with Crippen molar-refractivity contribution >= 4 is 15.9 Å². The van der Waals surface area contributed by atoms with E-state index in [1.807, 2.05) is 26.8 Å². The van der Waals surface area contributed by atoms with Crippen LogP contribution in [0, 0.1) is 11.3 Å². The Kier molecular flexibility index (Phi) is 15.0. The van der Waals surface area contributed by atoms with Crippen LogP contribution in [0.3, 0.4) is 0 Å². The predicted molar refractivity (Wildman–Crippen MR) is 84.5 cm³/mol. The van der Waals surface area contributed by atoms with Crippen LogP contribution in [0.4, 0.5) is 0 Å². The summed E-state index contributed by atoms with van der Waals surface area (Å²) in [7, 11) is 0. The van der Waals surface area contributed by atoms with Gasteiger partial charge in [0.15, 0.2) is 5.69 Å². The number of ether oxygens (including phenoxy) is 1. The highest BCUT2D eigenvalue weighted by molar-refractivity contribution is 9.10. The molecule has 0 aromatic carbocycles. The van der Waals surface area contributed by atoms with Crippen LogP contribution < -0.4 is 5.56 Å². The van der Waals surface area contributed by atoms with Crippen molar-refractivity contribution in [3.05, 3.63) is 26.6 Å². The summed E-state index contributed by atoms with van der Waals surface area (Å²) in [6.45, 7) is 10.8. The van der Waals surface area contributed by atoms with Gasteiger partial charge in [-0.3, -0.25) is 4.79 Å². The third kappa shape index (κ3) is 8.83. The molecule has 0 aliphatic heterocycles. The van der Waals surface area contributed by atoms with Gasteiger partial charge in [0.05, 0.1) is 4.47 Å². The number of halogens is 1. The Labute approximate surface area is 129 Å². The molecule has 0 N–H and O–H groups in total. The first-order valence-electron chi connectivity index (χ1n) is 6.86. The first kappa shape index (κ1) is 21.1. The SMILES string of the molecule is CC.CCC.CCCOCn1nc(C#N)cc(Br)c1=O. The van der Waals surface area contributed by atoms with Gasteiger partial charge in [-0.15, -0.1) is 0 Å². The van der Waals surface area contributed by atoms with E-state index in [4.69, 9.17) is 10.00 Å². The monoisotopic (exact) mass is 345 g/mol. The molecule has 0 aliphatic rings. The van der Waals surface area contributed by atoms with Crippen molar-refractivity contribution in [1.82, 2.24) is 9.78 Å². The van der Waals surface area contributed by atoms with Gasteiger partial charge in [-0.05, 0) is 28.4 Å². The lowest BCUT2D eigenvalue weighted by Crippen LogP contribution is -2.25. The highest BCUT2D eigenvalue weighted by Gasteiger charge is 2.05. The van der Waals surface area contributed by atoms with Crippen LogP contribution in [0.1, 0.15) is 53.2 Å². The largest absolute Gasteiger partial charge is 0.359 e. The van der Waals surface area contributed by atoms with Gasteiger partial charge in [-0.1, -0.05) is 41.0 Å². The maximum absolute atomic E-state index is 11.5. The summed E-state index contributed by atoms with van der Waals surface area (Å²) < 4.78 is 6.61. The van der Waals surface area contributed by atoms with Gasteiger partial charge < -0.3 is 4.74 Å². The Morgan fingerprint density at radius 2 is 1.95 bits per heavy atom. The van der Waals surface area contributed by atoms with Gasteiger partial charge in [0, 0.05) is 6.61 Å². The summed E-state index contributed by atoms with van der Waals surface area (Å²) in [5, 5.41) is 12.5. The fraction of sp³-hybridized carbons (Fsp3) is 0.643. The third-order valence-corrected chi connectivity index (χ3v) is 2.18. The lowest BCUT2D eigenvalue weighted by molar-refractivity contribution is 0.0656. The molecule has 0 fully saturated rings. The van der Waals surface area contributed by atoms with E-state index in [0.29, 0.717) is 11.1 Å². The molecule has 0 bridgehead atoms. The number of nitriles is 1. The second-order valence-corrected chi connectivity index (χ2v) is 4.39. The van der Waals surface area contributed by atoms with Crippen molar-refractivity contribution in [2.45, 2.75) is 54.2 Å². The van der Waals surface area contributed by atoms with Crippen LogP contribution >= 0.6 is 15.9 Å². The number of nitrogens with zero attached hydrogens (tertiary/aromatic N) is 3. The van der Waals surface area contributed by atoms with Crippen molar-refractivity contribution in [1.29, 1.82) is 5.26 Å². The number of hydrogen-bond acceptors (Lipinski definition) is 4. The second-order valence-electron chi connectivity index (χ2n) is 3.54. The summed E-state index contributed by atoms with van der Waals surface area (Å²) in [6.07, 6.45) is 2.12. The molecule has 0 aliphatic carbocycles. The van der Waals surface area contributed by atoms with Gasteiger partial charge in [0.25, 0.3) is 5.56 Å². The molecule has 0 unspecified atom stereocenters. The molecule has 0 radical (unpaired) electrons. The number of aromatic nitrogens is 2. The molecule has 0 atom stereocenters. The Balaban J connectivity index is 0. The van der Waals surface area contributed by atoms with Gasteiger partial charge in [-0.25, -0.2) is 4.68 Å². The van der Waals surface area contributed by atoms with Gasteiger partial charge >= 0.3 is 0 Å². The van der Waals surface area contributed by atoms with E-state index >= 15 is 0 Å². The fourth-order valence-corrected chi connectivity index (χ4v) is 1.37. The van der Waals surface area contributed by atoms with Gasteiger partial charge in [-0.2, -0.15) is 10.4 Å². The van der Waals surface area contributed by atoms with Crippen molar-refractivity contribution < 1.29 is 4.74 Å². The quantitative estimate of drug-likeness (QED) is 0.780. The molecule has 1 rings (SSSR count). The van der Waals surface area contributed by atoms with E-state index in [1.54, 1.807) is 0 Å². The van der Waals surface area contributed by atoms with Crippen LogP contribution in [0.15, 0.2) is 15.3 Å². The Morgan fingerprint density at radius 1 is 1.40 bits per heavy atom. The molecule has 1 aromatic heterocycles. The molecular formula is C14H24BrN3O2.